The number of halogens is 2. The van der Waals surface area contributed by atoms with Crippen molar-refractivity contribution < 1.29 is 9.53 Å². The van der Waals surface area contributed by atoms with E-state index in [0.29, 0.717) is 22.9 Å². The summed E-state index contributed by atoms with van der Waals surface area (Å²) in [5, 5.41) is 6.97. The number of nitrogens with one attached hydrogen (secondary N) is 1. The highest BCUT2D eigenvalue weighted by molar-refractivity contribution is 9.10. The second-order valence-electron chi connectivity index (χ2n) is 7.21. The van der Waals surface area contributed by atoms with Gasteiger partial charge in [-0.2, -0.15) is 5.10 Å². The first-order valence-corrected chi connectivity index (χ1v) is 11.2. The largest absolute Gasteiger partial charge is 0.488 e. The maximum Gasteiger partial charge on any atom is 0.244 e. The molecule has 32 heavy (non-hydrogen) atoms. The minimum Gasteiger partial charge on any atom is -0.488 e. The molecular formula is C26H20BrClN2O2. The van der Waals surface area contributed by atoms with Gasteiger partial charge in [-0.15, -0.1) is 0 Å². The molecule has 0 saturated heterocycles. The molecule has 0 aliphatic heterocycles. The Morgan fingerprint density at radius 1 is 1.00 bits per heavy atom. The molecule has 0 atom stereocenters. The van der Waals surface area contributed by atoms with Gasteiger partial charge in [-0.05, 0) is 52.2 Å². The highest BCUT2D eigenvalue weighted by atomic mass is 79.9. The number of amides is 1. The van der Waals surface area contributed by atoms with E-state index in [1.54, 1.807) is 24.4 Å². The molecule has 0 radical (unpaired) electrons. The van der Waals surface area contributed by atoms with E-state index in [9.17, 15) is 4.79 Å². The molecule has 6 heteroatoms. The van der Waals surface area contributed by atoms with Gasteiger partial charge in [0.25, 0.3) is 0 Å². The fourth-order valence-electron chi connectivity index (χ4n) is 3.33. The van der Waals surface area contributed by atoms with Gasteiger partial charge in [0.05, 0.1) is 12.6 Å². The SMILES string of the molecule is O=C(Cc1ccc(Br)cc1)N/N=C\c1cc(Cl)ccc1OCc1cccc2ccccc12. The minimum absolute atomic E-state index is 0.205. The molecule has 0 spiro atoms. The molecule has 4 rings (SSSR count). The fraction of sp³-hybridized carbons (Fsp3) is 0.0769. The van der Waals surface area contributed by atoms with Gasteiger partial charge in [0.1, 0.15) is 12.4 Å². The summed E-state index contributed by atoms with van der Waals surface area (Å²) in [5.41, 5.74) is 5.23. The van der Waals surface area contributed by atoms with E-state index in [4.69, 9.17) is 16.3 Å². The van der Waals surface area contributed by atoms with Crippen LogP contribution in [-0.4, -0.2) is 12.1 Å². The number of benzene rings is 4. The van der Waals surface area contributed by atoms with Gasteiger partial charge < -0.3 is 4.74 Å². The van der Waals surface area contributed by atoms with Crippen molar-refractivity contribution in [2.45, 2.75) is 13.0 Å². The quantitative estimate of drug-likeness (QED) is 0.228. The Kier molecular flexibility index (Phi) is 7.20. The lowest BCUT2D eigenvalue weighted by molar-refractivity contribution is -0.120. The molecule has 0 heterocycles. The Morgan fingerprint density at radius 2 is 1.78 bits per heavy atom. The lowest BCUT2D eigenvalue weighted by Crippen LogP contribution is -2.19. The van der Waals surface area contributed by atoms with Crippen LogP contribution >= 0.6 is 27.5 Å². The monoisotopic (exact) mass is 506 g/mol. The summed E-state index contributed by atoms with van der Waals surface area (Å²) in [5.74, 6) is 0.428. The van der Waals surface area contributed by atoms with Crippen molar-refractivity contribution >= 4 is 50.4 Å². The topological polar surface area (TPSA) is 50.7 Å². The molecule has 0 unspecified atom stereocenters. The standard InChI is InChI=1S/C26H20BrClN2O2/c27-22-10-8-18(9-11-22)14-26(31)30-29-16-21-15-23(28)12-13-25(21)32-17-20-6-3-5-19-4-1-2-7-24(19)20/h1-13,15-16H,14,17H2,(H,30,31)/b29-16-. The Morgan fingerprint density at radius 3 is 2.62 bits per heavy atom. The number of rotatable bonds is 7. The van der Waals surface area contributed by atoms with Crippen LogP contribution in [0.5, 0.6) is 5.75 Å². The maximum absolute atomic E-state index is 12.2. The molecule has 0 aliphatic rings. The number of ether oxygens (including phenoxy) is 1. The van der Waals surface area contributed by atoms with Gasteiger partial charge in [-0.25, -0.2) is 5.43 Å². The van der Waals surface area contributed by atoms with Crippen molar-refractivity contribution in [2.75, 3.05) is 0 Å². The molecule has 0 bridgehead atoms. The van der Waals surface area contributed by atoms with E-state index < -0.39 is 0 Å². The van der Waals surface area contributed by atoms with Gasteiger partial charge in [0.2, 0.25) is 5.91 Å². The molecule has 0 saturated carbocycles. The average Bonchev–Trinajstić information content (AvgIpc) is 2.80. The first kappa shape index (κ1) is 22.1. The van der Waals surface area contributed by atoms with E-state index in [1.165, 1.54) is 5.39 Å². The zero-order valence-electron chi connectivity index (χ0n) is 17.1. The summed E-state index contributed by atoms with van der Waals surface area (Å²) in [4.78, 5) is 12.2. The number of carbonyl (C=O) groups excluding carboxylic acids is 1. The van der Waals surface area contributed by atoms with Crippen molar-refractivity contribution in [1.29, 1.82) is 0 Å². The number of hydrogen-bond acceptors (Lipinski definition) is 3. The van der Waals surface area contributed by atoms with Gasteiger partial charge in [-0.1, -0.05) is 82.1 Å². The Labute approximate surface area is 200 Å². The fourth-order valence-corrected chi connectivity index (χ4v) is 3.77. The van der Waals surface area contributed by atoms with Crippen LogP contribution in [0, 0.1) is 0 Å². The Hall–Kier alpha value is -3.15. The van der Waals surface area contributed by atoms with E-state index >= 15 is 0 Å². The van der Waals surface area contributed by atoms with Gasteiger partial charge in [-0.3, -0.25) is 4.79 Å². The van der Waals surface area contributed by atoms with Crippen LogP contribution in [0.2, 0.25) is 5.02 Å². The first-order valence-electron chi connectivity index (χ1n) is 10.0. The lowest BCUT2D eigenvalue weighted by atomic mass is 10.1. The first-order chi connectivity index (χ1) is 15.6. The molecule has 4 nitrogen and oxygen atoms in total. The zero-order chi connectivity index (χ0) is 22.3. The number of fused-ring (bicyclic) bond motifs is 1. The second kappa shape index (κ2) is 10.4. The summed E-state index contributed by atoms with van der Waals surface area (Å²) < 4.78 is 7.05. The van der Waals surface area contributed by atoms with Crippen LogP contribution in [-0.2, 0) is 17.8 Å². The van der Waals surface area contributed by atoms with E-state index in [1.807, 2.05) is 48.5 Å². The molecule has 160 valence electrons. The van der Waals surface area contributed by atoms with Crippen molar-refractivity contribution in [3.8, 4) is 5.75 Å². The third-order valence-electron chi connectivity index (χ3n) is 4.91. The van der Waals surface area contributed by atoms with Crippen LogP contribution < -0.4 is 10.2 Å². The van der Waals surface area contributed by atoms with Gasteiger partial charge in [0, 0.05) is 15.1 Å². The average molecular weight is 508 g/mol. The van der Waals surface area contributed by atoms with Crippen LogP contribution in [0.4, 0.5) is 0 Å². The number of nitrogens with zero attached hydrogens (tertiary/aromatic N) is 1. The molecule has 4 aromatic rings. The smallest absolute Gasteiger partial charge is 0.244 e. The predicted molar refractivity (Wildman–Crippen MR) is 133 cm³/mol. The zero-order valence-corrected chi connectivity index (χ0v) is 19.4. The van der Waals surface area contributed by atoms with Crippen LogP contribution in [0.3, 0.4) is 0 Å². The highest BCUT2D eigenvalue weighted by Crippen LogP contribution is 2.24. The Balaban J connectivity index is 1.43. The molecule has 1 N–H and O–H groups in total. The van der Waals surface area contributed by atoms with Crippen LogP contribution in [0.1, 0.15) is 16.7 Å². The lowest BCUT2D eigenvalue weighted by Gasteiger charge is -2.11. The molecule has 0 aliphatic carbocycles. The molecular weight excluding hydrogens is 488 g/mol. The number of hydrazone groups is 1. The van der Waals surface area contributed by atoms with Crippen molar-refractivity contribution in [2.24, 2.45) is 5.10 Å². The molecule has 1 amide bonds. The second-order valence-corrected chi connectivity index (χ2v) is 8.56. The summed E-state index contributed by atoms with van der Waals surface area (Å²) in [6.07, 6.45) is 1.79. The molecule has 0 aromatic heterocycles. The Bertz CT molecular complexity index is 1270. The van der Waals surface area contributed by atoms with Crippen molar-refractivity contribution in [3.63, 3.8) is 0 Å². The van der Waals surface area contributed by atoms with Crippen LogP contribution in [0.15, 0.2) is 94.5 Å². The maximum atomic E-state index is 12.2. The predicted octanol–water partition coefficient (Wildman–Crippen LogP) is 6.53. The summed E-state index contributed by atoms with van der Waals surface area (Å²) in [6, 6.07) is 27.3. The number of hydrogen-bond donors (Lipinski definition) is 1. The third kappa shape index (κ3) is 5.75. The van der Waals surface area contributed by atoms with Gasteiger partial charge >= 0.3 is 0 Å². The summed E-state index contributed by atoms with van der Waals surface area (Å²) in [6.45, 7) is 0.403. The van der Waals surface area contributed by atoms with Crippen LogP contribution in [0.25, 0.3) is 10.8 Å². The normalized spacial score (nSPS) is 11.1. The van der Waals surface area contributed by atoms with E-state index in [0.717, 1.165) is 21.0 Å². The summed E-state index contributed by atoms with van der Waals surface area (Å²) in [7, 11) is 0. The minimum atomic E-state index is -0.205. The van der Waals surface area contributed by atoms with Crippen molar-refractivity contribution in [3.05, 3.63) is 111 Å². The highest BCUT2D eigenvalue weighted by Gasteiger charge is 2.07. The molecule has 0 fully saturated rings. The molecule has 4 aromatic carbocycles. The van der Waals surface area contributed by atoms with E-state index in [2.05, 4.69) is 44.7 Å². The summed E-state index contributed by atoms with van der Waals surface area (Å²) >= 11 is 9.55. The van der Waals surface area contributed by atoms with E-state index in [-0.39, 0.29) is 12.3 Å². The van der Waals surface area contributed by atoms with Crippen molar-refractivity contribution in [1.82, 2.24) is 5.43 Å². The van der Waals surface area contributed by atoms with Gasteiger partial charge in [0.15, 0.2) is 0 Å². The number of carbonyl (C=O) groups is 1. The third-order valence-corrected chi connectivity index (χ3v) is 5.67.